The number of halogens is 2. The van der Waals surface area contributed by atoms with Crippen molar-refractivity contribution in [1.82, 2.24) is 19.9 Å². The van der Waals surface area contributed by atoms with Crippen LogP contribution in [0.4, 0.5) is 11.5 Å². The second-order valence-electron chi connectivity index (χ2n) is 7.42. The van der Waals surface area contributed by atoms with Crippen LogP contribution in [0.15, 0.2) is 30.5 Å². The first-order valence-corrected chi connectivity index (χ1v) is 10.9. The third kappa shape index (κ3) is 4.79. The number of hydrogen-bond acceptors (Lipinski definition) is 5. The van der Waals surface area contributed by atoms with Crippen molar-refractivity contribution in [2.45, 2.75) is 32.2 Å². The van der Waals surface area contributed by atoms with Crippen molar-refractivity contribution in [1.29, 1.82) is 0 Å². The number of aromatic nitrogens is 3. The molecule has 1 aromatic carbocycles. The van der Waals surface area contributed by atoms with Crippen LogP contribution >= 0.6 is 23.2 Å². The standard InChI is InChI=1S/C21H24Cl2N6O/c1-2-18-27-20-17(5-6-24-20)21(28-18)26-15-4-3-7-29(12-15)19(30)11-25-16-9-13(22)8-14(23)10-16/h5-6,8-10,15,25H,2-4,7,11-12H2,1H3,(H2,24,26,27,28). The first kappa shape index (κ1) is 20.8. The largest absolute Gasteiger partial charge is 0.376 e. The molecule has 1 atom stereocenters. The molecule has 3 aromatic rings. The minimum absolute atomic E-state index is 0.0429. The van der Waals surface area contributed by atoms with Gasteiger partial charge in [-0.1, -0.05) is 30.1 Å². The molecule has 3 heterocycles. The van der Waals surface area contributed by atoms with Crippen LogP contribution in [0.1, 0.15) is 25.6 Å². The Morgan fingerprint density at radius 2 is 2.07 bits per heavy atom. The minimum atomic E-state index is 0.0429. The number of fused-ring (bicyclic) bond motifs is 1. The van der Waals surface area contributed by atoms with Crippen LogP contribution in [0.5, 0.6) is 0 Å². The van der Waals surface area contributed by atoms with Crippen molar-refractivity contribution < 1.29 is 4.79 Å². The number of aryl methyl sites for hydroxylation is 1. The Morgan fingerprint density at radius 3 is 2.83 bits per heavy atom. The van der Waals surface area contributed by atoms with E-state index in [1.165, 1.54) is 0 Å². The van der Waals surface area contributed by atoms with Crippen molar-refractivity contribution in [2.24, 2.45) is 0 Å². The predicted molar refractivity (Wildman–Crippen MR) is 121 cm³/mol. The van der Waals surface area contributed by atoms with E-state index in [-0.39, 0.29) is 18.5 Å². The number of likely N-dealkylation sites (tertiary alicyclic amines) is 1. The van der Waals surface area contributed by atoms with E-state index in [1.807, 2.05) is 24.1 Å². The van der Waals surface area contributed by atoms with Gasteiger partial charge in [-0.3, -0.25) is 4.79 Å². The van der Waals surface area contributed by atoms with Gasteiger partial charge in [0.25, 0.3) is 0 Å². The van der Waals surface area contributed by atoms with Crippen LogP contribution in [0.25, 0.3) is 11.0 Å². The van der Waals surface area contributed by atoms with Crippen LogP contribution in [0.3, 0.4) is 0 Å². The Balaban J connectivity index is 1.39. The summed E-state index contributed by atoms with van der Waals surface area (Å²) in [7, 11) is 0. The molecule has 1 unspecified atom stereocenters. The molecule has 0 bridgehead atoms. The molecule has 1 aliphatic rings. The van der Waals surface area contributed by atoms with Gasteiger partial charge in [-0.15, -0.1) is 0 Å². The smallest absolute Gasteiger partial charge is 0.241 e. The molecule has 2 aromatic heterocycles. The Hall–Kier alpha value is -2.51. The van der Waals surface area contributed by atoms with Gasteiger partial charge in [0.2, 0.25) is 5.91 Å². The van der Waals surface area contributed by atoms with Gasteiger partial charge in [0, 0.05) is 47.5 Å². The Kier molecular flexibility index (Phi) is 6.29. The molecule has 4 rings (SSSR count). The number of nitrogens with zero attached hydrogens (tertiary/aromatic N) is 3. The molecule has 0 aliphatic carbocycles. The van der Waals surface area contributed by atoms with Gasteiger partial charge < -0.3 is 20.5 Å². The Bertz CT molecular complexity index is 1030. The van der Waals surface area contributed by atoms with Crippen molar-refractivity contribution in [2.75, 3.05) is 30.3 Å². The molecule has 1 saturated heterocycles. The highest BCUT2D eigenvalue weighted by atomic mass is 35.5. The van der Waals surface area contributed by atoms with E-state index in [4.69, 9.17) is 23.2 Å². The van der Waals surface area contributed by atoms with E-state index in [0.717, 1.165) is 54.2 Å². The van der Waals surface area contributed by atoms with Crippen LogP contribution in [-0.2, 0) is 11.2 Å². The number of anilines is 2. The maximum absolute atomic E-state index is 12.7. The molecule has 30 heavy (non-hydrogen) atoms. The summed E-state index contributed by atoms with van der Waals surface area (Å²) in [5.74, 6) is 1.66. The van der Waals surface area contributed by atoms with E-state index in [1.54, 1.807) is 18.2 Å². The average Bonchev–Trinajstić information content (AvgIpc) is 3.20. The second-order valence-corrected chi connectivity index (χ2v) is 8.29. The third-order valence-electron chi connectivity index (χ3n) is 5.20. The van der Waals surface area contributed by atoms with E-state index in [2.05, 4.69) is 25.6 Å². The number of piperidine rings is 1. The summed E-state index contributed by atoms with van der Waals surface area (Å²) < 4.78 is 0. The van der Waals surface area contributed by atoms with Gasteiger partial charge in [0.05, 0.1) is 11.9 Å². The molecule has 7 nitrogen and oxygen atoms in total. The lowest BCUT2D eigenvalue weighted by atomic mass is 10.1. The quantitative estimate of drug-likeness (QED) is 0.524. The summed E-state index contributed by atoms with van der Waals surface area (Å²) in [6.45, 7) is 3.61. The number of carbonyl (C=O) groups excluding carboxylic acids is 1. The highest BCUT2D eigenvalue weighted by molar-refractivity contribution is 6.35. The lowest BCUT2D eigenvalue weighted by molar-refractivity contribution is -0.130. The first-order chi connectivity index (χ1) is 14.5. The van der Waals surface area contributed by atoms with Gasteiger partial charge in [0.15, 0.2) is 0 Å². The van der Waals surface area contributed by atoms with Crippen molar-refractivity contribution >= 4 is 51.6 Å². The maximum Gasteiger partial charge on any atom is 0.241 e. The number of carbonyl (C=O) groups is 1. The van der Waals surface area contributed by atoms with Crippen molar-refractivity contribution in [3.8, 4) is 0 Å². The van der Waals surface area contributed by atoms with E-state index in [0.29, 0.717) is 16.6 Å². The van der Waals surface area contributed by atoms with E-state index >= 15 is 0 Å². The van der Waals surface area contributed by atoms with Gasteiger partial charge in [0.1, 0.15) is 17.3 Å². The van der Waals surface area contributed by atoms with Crippen LogP contribution in [0, 0.1) is 0 Å². The zero-order chi connectivity index (χ0) is 21.1. The van der Waals surface area contributed by atoms with Gasteiger partial charge in [-0.25, -0.2) is 9.97 Å². The zero-order valence-corrected chi connectivity index (χ0v) is 18.2. The number of hydrogen-bond donors (Lipinski definition) is 3. The maximum atomic E-state index is 12.7. The van der Waals surface area contributed by atoms with Gasteiger partial charge in [-0.05, 0) is 37.1 Å². The van der Waals surface area contributed by atoms with E-state index in [9.17, 15) is 4.79 Å². The molecule has 9 heteroatoms. The van der Waals surface area contributed by atoms with Crippen LogP contribution in [-0.4, -0.2) is 51.4 Å². The molecule has 0 saturated carbocycles. The molecule has 3 N–H and O–H groups in total. The Labute approximate surface area is 185 Å². The lowest BCUT2D eigenvalue weighted by Gasteiger charge is -2.33. The number of rotatable bonds is 6. The summed E-state index contributed by atoms with van der Waals surface area (Å²) in [6.07, 6.45) is 4.55. The summed E-state index contributed by atoms with van der Waals surface area (Å²) >= 11 is 12.0. The lowest BCUT2D eigenvalue weighted by Crippen LogP contribution is -2.47. The number of H-pyrrole nitrogens is 1. The zero-order valence-electron chi connectivity index (χ0n) is 16.7. The molecule has 0 radical (unpaired) electrons. The predicted octanol–water partition coefficient (Wildman–Crippen LogP) is 4.34. The first-order valence-electron chi connectivity index (χ1n) is 10.1. The minimum Gasteiger partial charge on any atom is -0.376 e. The highest BCUT2D eigenvalue weighted by Gasteiger charge is 2.24. The third-order valence-corrected chi connectivity index (χ3v) is 5.64. The van der Waals surface area contributed by atoms with Crippen molar-refractivity contribution in [3.63, 3.8) is 0 Å². The fourth-order valence-electron chi connectivity index (χ4n) is 3.72. The molecule has 1 amide bonds. The summed E-state index contributed by atoms with van der Waals surface area (Å²) in [6, 6.07) is 7.28. The molecule has 1 fully saturated rings. The molecule has 0 spiro atoms. The fraction of sp³-hybridized carbons (Fsp3) is 0.381. The van der Waals surface area contributed by atoms with Crippen LogP contribution in [0.2, 0.25) is 10.0 Å². The van der Waals surface area contributed by atoms with Gasteiger partial charge >= 0.3 is 0 Å². The summed E-state index contributed by atoms with van der Waals surface area (Å²) in [5, 5.41) is 8.69. The number of amides is 1. The number of benzene rings is 1. The molecular weight excluding hydrogens is 423 g/mol. The fourth-order valence-corrected chi connectivity index (χ4v) is 4.24. The van der Waals surface area contributed by atoms with Crippen molar-refractivity contribution in [3.05, 3.63) is 46.3 Å². The van der Waals surface area contributed by atoms with Crippen LogP contribution < -0.4 is 10.6 Å². The SMILES string of the molecule is CCc1nc(NC2CCCN(C(=O)CNc3cc(Cl)cc(Cl)c3)C2)c2cc[nH]c2n1. The highest BCUT2D eigenvalue weighted by Crippen LogP contribution is 2.24. The number of aromatic amines is 1. The summed E-state index contributed by atoms with van der Waals surface area (Å²) in [4.78, 5) is 27.0. The topological polar surface area (TPSA) is 85.9 Å². The molecule has 1 aliphatic heterocycles. The van der Waals surface area contributed by atoms with E-state index < -0.39 is 0 Å². The molecular formula is C21H24Cl2N6O. The normalized spacial score (nSPS) is 16.6. The Morgan fingerprint density at radius 1 is 1.27 bits per heavy atom. The number of nitrogens with one attached hydrogen (secondary N) is 3. The summed E-state index contributed by atoms with van der Waals surface area (Å²) in [5.41, 5.74) is 1.56. The van der Waals surface area contributed by atoms with Gasteiger partial charge in [-0.2, -0.15) is 0 Å². The average molecular weight is 447 g/mol. The second kappa shape index (κ2) is 9.10. The monoisotopic (exact) mass is 446 g/mol. The molecule has 158 valence electrons.